The Morgan fingerprint density at radius 3 is 2.74 bits per heavy atom. The summed E-state index contributed by atoms with van der Waals surface area (Å²) in [6.45, 7) is 0. The van der Waals surface area contributed by atoms with Crippen molar-refractivity contribution in [3.05, 3.63) is 65.2 Å². The number of halogens is 2. The summed E-state index contributed by atoms with van der Waals surface area (Å²) in [5.41, 5.74) is 1.03. The summed E-state index contributed by atoms with van der Waals surface area (Å²) < 4.78 is 15.8. The Kier molecular flexibility index (Phi) is 5.13. The molecule has 1 aromatic heterocycles. The molecule has 1 aliphatic rings. The monoisotopic (exact) mass is 402 g/mol. The predicted molar refractivity (Wildman–Crippen MR) is 104 cm³/mol. The lowest BCUT2D eigenvalue weighted by atomic mass is 10.3. The summed E-state index contributed by atoms with van der Waals surface area (Å²) in [5.74, 6) is 0.561. The predicted octanol–water partition coefficient (Wildman–Crippen LogP) is 4.67. The third kappa shape index (κ3) is 4.14. The highest BCUT2D eigenvalue weighted by molar-refractivity contribution is 7.99. The van der Waals surface area contributed by atoms with Crippen LogP contribution in [0.25, 0.3) is 5.69 Å². The van der Waals surface area contributed by atoms with E-state index < -0.39 is 5.82 Å². The molecule has 138 valence electrons. The second-order valence-corrected chi connectivity index (χ2v) is 7.63. The summed E-state index contributed by atoms with van der Waals surface area (Å²) in [6.07, 6.45) is 2.20. The van der Waals surface area contributed by atoms with Gasteiger partial charge in [-0.3, -0.25) is 9.36 Å². The first kappa shape index (κ1) is 18.0. The van der Waals surface area contributed by atoms with Crippen molar-refractivity contribution in [3.63, 3.8) is 0 Å². The van der Waals surface area contributed by atoms with Gasteiger partial charge in [-0.15, -0.1) is 10.2 Å². The van der Waals surface area contributed by atoms with Crippen molar-refractivity contribution in [1.29, 1.82) is 0 Å². The molecule has 0 aliphatic heterocycles. The normalized spacial score (nSPS) is 13.6. The molecule has 0 atom stereocenters. The Bertz CT molecular complexity index is 975. The molecule has 1 amide bonds. The fourth-order valence-corrected chi connectivity index (χ4v) is 3.64. The summed E-state index contributed by atoms with van der Waals surface area (Å²) in [4.78, 5) is 12.3. The van der Waals surface area contributed by atoms with Crippen molar-refractivity contribution in [2.75, 3.05) is 11.1 Å². The fraction of sp³-hybridized carbons (Fsp3) is 0.211. The maximum absolute atomic E-state index is 13.8. The second-order valence-electron chi connectivity index (χ2n) is 6.25. The van der Waals surface area contributed by atoms with Crippen molar-refractivity contribution < 1.29 is 9.18 Å². The quantitative estimate of drug-likeness (QED) is 0.609. The maximum Gasteiger partial charge on any atom is 0.234 e. The van der Waals surface area contributed by atoms with Gasteiger partial charge in [0.1, 0.15) is 11.6 Å². The number of para-hydroxylation sites is 1. The molecule has 0 spiro atoms. The third-order valence-corrected chi connectivity index (χ3v) is 5.31. The zero-order valence-electron chi connectivity index (χ0n) is 14.2. The Morgan fingerprint density at radius 2 is 2.00 bits per heavy atom. The highest BCUT2D eigenvalue weighted by Gasteiger charge is 2.31. The Labute approximate surface area is 164 Å². The number of amides is 1. The van der Waals surface area contributed by atoms with Gasteiger partial charge in [0.05, 0.1) is 11.4 Å². The fourth-order valence-electron chi connectivity index (χ4n) is 2.71. The number of hydrogen-bond acceptors (Lipinski definition) is 4. The van der Waals surface area contributed by atoms with E-state index in [0.717, 1.165) is 24.4 Å². The zero-order chi connectivity index (χ0) is 18.8. The van der Waals surface area contributed by atoms with Crippen molar-refractivity contribution in [2.24, 2.45) is 0 Å². The molecular formula is C19H16ClFN4OS. The molecule has 0 unspecified atom stereocenters. The lowest BCUT2D eigenvalue weighted by molar-refractivity contribution is -0.113. The van der Waals surface area contributed by atoms with Crippen LogP contribution >= 0.6 is 23.4 Å². The van der Waals surface area contributed by atoms with Crippen LogP contribution < -0.4 is 5.32 Å². The molecule has 0 saturated heterocycles. The molecule has 0 radical (unpaired) electrons. The third-order valence-electron chi connectivity index (χ3n) is 4.15. The van der Waals surface area contributed by atoms with E-state index in [0.29, 0.717) is 16.1 Å². The van der Waals surface area contributed by atoms with Crippen LogP contribution in [0.2, 0.25) is 5.02 Å². The van der Waals surface area contributed by atoms with Gasteiger partial charge in [-0.05, 0) is 43.2 Å². The van der Waals surface area contributed by atoms with Crippen LogP contribution in [-0.4, -0.2) is 26.4 Å². The molecule has 1 heterocycles. The van der Waals surface area contributed by atoms with E-state index in [1.165, 1.54) is 30.0 Å². The molecular weight excluding hydrogens is 387 g/mol. The minimum Gasteiger partial charge on any atom is -0.323 e. The molecule has 1 saturated carbocycles. The van der Waals surface area contributed by atoms with Crippen molar-refractivity contribution in [2.45, 2.75) is 23.9 Å². The Morgan fingerprint density at radius 1 is 1.22 bits per heavy atom. The van der Waals surface area contributed by atoms with Crippen molar-refractivity contribution in [1.82, 2.24) is 14.8 Å². The first-order valence-corrected chi connectivity index (χ1v) is 9.86. The average molecular weight is 403 g/mol. The molecule has 1 aliphatic carbocycles. The van der Waals surface area contributed by atoms with Gasteiger partial charge >= 0.3 is 0 Å². The summed E-state index contributed by atoms with van der Waals surface area (Å²) in [5, 5.41) is 12.1. The van der Waals surface area contributed by atoms with Gasteiger partial charge in [-0.25, -0.2) is 4.39 Å². The smallest absolute Gasteiger partial charge is 0.234 e. The van der Waals surface area contributed by atoms with Crippen LogP contribution in [0.3, 0.4) is 0 Å². The minimum atomic E-state index is -0.527. The highest BCUT2D eigenvalue weighted by Crippen LogP contribution is 2.41. The lowest BCUT2D eigenvalue weighted by Gasteiger charge is -2.10. The Hall–Kier alpha value is -2.38. The van der Waals surface area contributed by atoms with E-state index in [4.69, 9.17) is 11.6 Å². The van der Waals surface area contributed by atoms with E-state index in [9.17, 15) is 9.18 Å². The zero-order valence-corrected chi connectivity index (χ0v) is 15.8. The molecule has 2 aromatic carbocycles. The van der Waals surface area contributed by atoms with Crippen LogP contribution in [0.1, 0.15) is 24.6 Å². The van der Waals surface area contributed by atoms with Crippen LogP contribution in [-0.2, 0) is 4.79 Å². The first-order valence-electron chi connectivity index (χ1n) is 8.50. The molecule has 0 bridgehead atoms. The molecule has 1 N–H and O–H groups in total. The maximum atomic E-state index is 13.8. The van der Waals surface area contributed by atoms with E-state index >= 15 is 0 Å². The largest absolute Gasteiger partial charge is 0.323 e. The topological polar surface area (TPSA) is 59.8 Å². The SMILES string of the molecule is O=C(CSc1nnc(C2CC2)n1-c1ccccc1)Nc1cc(Cl)ccc1F. The summed E-state index contributed by atoms with van der Waals surface area (Å²) >= 11 is 7.12. The van der Waals surface area contributed by atoms with Gasteiger partial charge in [-0.2, -0.15) is 0 Å². The van der Waals surface area contributed by atoms with Gasteiger partial charge < -0.3 is 5.32 Å². The Balaban J connectivity index is 1.50. The lowest BCUT2D eigenvalue weighted by Crippen LogP contribution is -2.15. The van der Waals surface area contributed by atoms with Gasteiger partial charge in [0.25, 0.3) is 0 Å². The molecule has 1 fully saturated rings. The van der Waals surface area contributed by atoms with Gasteiger partial charge in [-0.1, -0.05) is 41.6 Å². The van der Waals surface area contributed by atoms with Gasteiger partial charge in [0, 0.05) is 16.6 Å². The van der Waals surface area contributed by atoms with E-state index in [2.05, 4.69) is 15.5 Å². The van der Waals surface area contributed by atoms with E-state index in [1.807, 2.05) is 34.9 Å². The van der Waals surface area contributed by atoms with E-state index in [-0.39, 0.29) is 17.3 Å². The number of hydrogen-bond donors (Lipinski definition) is 1. The highest BCUT2D eigenvalue weighted by atomic mass is 35.5. The van der Waals surface area contributed by atoms with Crippen LogP contribution in [0.15, 0.2) is 53.7 Å². The molecule has 3 aromatic rings. The molecule has 5 nitrogen and oxygen atoms in total. The first-order chi connectivity index (χ1) is 13.1. The molecule has 4 rings (SSSR count). The average Bonchev–Trinajstić information content (AvgIpc) is 3.43. The van der Waals surface area contributed by atoms with Crippen molar-refractivity contribution in [3.8, 4) is 5.69 Å². The number of carbonyl (C=O) groups is 1. The number of aromatic nitrogens is 3. The number of benzene rings is 2. The summed E-state index contributed by atoms with van der Waals surface area (Å²) in [7, 11) is 0. The van der Waals surface area contributed by atoms with Crippen molar-refractivity contribution >= 4 is 35.0 Å². The van der Waals surface area contributed by atoms with E-state index in [1.54, 1.807) is 0 Å². The number of thioether (sulfide) groups is 1. The van der Waals surface area contributed by atoms with Gasteiger partial charge in [0.2, 0.25) is 5.91 Å². The second kappa shape index (κ2) is 7.70. The number of carbonyl (C=O) groups excluding carboxylic acids is 1. The molecule has 27 heavy (non-hydrogen) atoms. The van der Waals surface area contributed by atoms with Crippen LogP contribution in [0.5, 0.6) is 0 Å². The van der Waals surface area contributed by atoms with Crippen LogP contribution in [0.4, 0.5) is 10.1 Å². The van der Waals surface area contributed by atoms with Gasteiger partial charge in [0.15, 0.2) is 5.16 Å². The number of rotatable bonds is 6. The summed E-state index contributed by atoms with van der Waals surface area (Å²) in [6, 6.07) is 13.9. The standard InChI is InChI=1S/C19H16ClFN4OS/c20-13-8-9-15(21)16(10-13)22-17(26)11-27-19-24-23-18(12-6-7-12)25(19)14-4-2-1-3-5-14/h1-5,8-10,12H,6-7,11H2,(H,22,26). The number of nitrogens with zero attached hydrogens (tertiary/aromatic N) is 3. The molecule has 8 heteroatoms. The van der Waals surface area contributed by atoms with Crippen LogP contribution in [0, 0.1) is 5.82 Å². The minimum absolute atomic E-state index is 0.0660. The number of anilines is 1. The number of nitrogens with one attached hydrogen (secondary N) is 1.